The number of ether oxygens (including phenoxy) is 2. The van der Waals surface area contributed by atoms with Gasteiger partial charge in [0.2, 0.25) is 0 Å². The van der Waals surface area contributed by atoms with Crippen molar-refractivity contribution in [3.8, 4) is 11.5 Å². The molecule has 0 heterocycles. The van der Waals surface area contributed by atoms with Crippen LogP contribution in [0.2, 0.25) is 0 Å². The van der Waals surface area contributed by atoms with Crippen molar-refractivity contribution in [1.29, 1.82) is 0 Å². The van der Waals surface area contributed by atoms with Crippen LogP contribution >= 0.6 is 0 Å². The van der Waals surface area contributed by atoms with Gasteiger partial charge in [-0.05, 0) is 24.1 Å². The molecule has 5 nitrogen and oxygen atoms in total. The molecule has 0 unspecified atom stereocenters. The normalized spacial score (nSPS) is 11.1. The largest absolute Gasteiger partial charge is 0.493 e. The molecule has 1 amide bonds. The minimum absolute atomic E-state index is 0.0163. The van der Waals surface area contributed by atoms with Gasteiger partial charge in [0.25, 0.3) is 5.91 Å². The van der Waals surface area contributed by atoms with Gasteiger partial charge in [-0.1, -0.05) is 26.0 Å². The van der Waals surface area contributed by atoms with Crippen molar-refractivity contribution >= 4 is 5.91 Å². The summed E-state index contributed by atoms with van der Waals surface area (Å²) in [5.41, 5.74) is 5.57. The van der Waals surface area contributed by atoms with Crippen molar-refractivity contribution in [2.24, 2.45) is 11.1 Å². The molecule has 1 rings (SSSR count). The first-order valence-corrected chi connectivity index (χ1v) is 6.59. The van der Waals surface area contributed by atoms with Crippen molar-refractivity contribution < 1.29 is 14.3 Å². The third-order valence-corrected chi connectivity index (χ3v) is 3.06. The zero-order valence-electron chi connectivity index (χ0n) is 12.7. The number of benzene rings is 1. The van der Waals surface area contributed by atoms with E-state index in [0.717, 1.165) is 0 Å². The molecule has 20 heavy (non-hydrogen) atoms. The second-order valence-corrected chi connectivity index (χ2v) is 5.56. The Bertz CT molecular complexity index is 446. The van der Waals surface area contributed by atoms with Crippen LogP contribution in [0.4, 0.5) is 0 Å². The number of hydrogen-bond donors (Lipinski definition) is 1. The van der Waals surface area contributed by atoms with Gasteiger partial charge in [-0.2, -0.15) is 0 Å². The molecule has 0 bridgehead atoms. The molecule has 1 aromatic rings. The molecule has 5 heteroatoms. The molecule has 2 N–H and O–H groups in total. The molecule has 0 atom stereocenters. The number of methoxy groups -OCH3 is 1. The number of rotatable bonds is 7. The van der Waals surface area contributed by atoms with Crippen molar-refractivity contribution in [3.63, 3.8) is 0 Å². The zero-order valence-corrected chi connectivity index (χ0v) is 12.7. The number of carbonyl (C=O) groups excluding carboxylic acids is 1. The highest BCUT2D eigenvalue weighted by Gasteiger charge is 2.21. The number of para-hydroxylation sites is 2. The molecule has 0 saturated carbocycles. The molecule has 112 valence electrons. The quantitative estimate of drug-likeness (QED) is 0.822. The first-order valence-electron chi connectivity index (χ1n) is 6.59. The van der Waals surface area contributed by atoms with Crippen LogP contribution in [0.1, 0.15) is 13.8 Å². The molecule has 0 aliphatic carbocycles. The van der Waals surface area contributed by atoms with E-state index in [1.165, 1.54) is 0 Å². The maximum atomic E-state index is 12.0. The lowest BCUT2D eigenvalue weighted by atomic mass is 9.93. The average Bonchev–Trinajstić information content (AvgIpc) is 2.44. The fourth-order valence-electron chi connectivity index (χ4n) is 1.78. The van der Waals surface area contributed by atoms with E-state index < -0.39 is 0 Å². The monoisotopic (exact) mass is 280 g/mol. The van der Waals surface area contributed by atoms with Gasteiger partial charge in [-0.25, -0.2) is 0 Å². The summed E-state index contributed by atoms with van der Waals surface area (Å²) >= 11 is 0. The van der Waals surface area contributed by atoms with Crippen LogP contribution in [0, 0.1) is 5.41 Å². The lowest BCUT2D eigenvalue weighted by Crippen LogP contribution is -2.41. The highest BCUT2D eigenvalue weighted by molar-refractivity contribution is 5.77. The van der Waals surface area contributed by atoms with E-state index in [2.05, 4.69) is 0 Å². The Kier molecular flexibility index (Phi) is 5.82. The lowest BCUT2D eigenvalue weighted by molar-refractivity contribution is -0.133. The summed E-state index contributed by atoms with van der Waals surface area (Å²) in [6.07, 6.45) is 0. The molecule has 0 aliphatic rings. The minimum Gasteiger partial charge on any atom is -0.493 e. The van der Waals surface area contributed by atoms with E-state index in [1.807, 2.05) is 26.0 Å². The number of nitrogens with two attached hydrogens (primary N) is 1. The maximum Gasteiger partial charge on any atom is 0.260 e. The van der Waals surface area contributed by atoms with Crippen molar-refractivity contribution in [2.75, 3.05) is 33.9 Å². The van der Waals surface area contributed by atoms with Crippen LogP contribution in [-0.4, -0.2) is 44.7 Å². The van der Waals surface area contributed by atoms with Crippen molar-refractivity contribution in [3.05, 3.63) is 24.3 Å². The van der Waals surface area contributed by atoms with Crippen LogP contribution in [0.25, 0.3) is 0 Å². The predicted molar refractivity (Wildman–Crippen MR) is 79.0 cm³/mol. The van der Waals surface area contributed by atoms with Crippen molar-refractivity contribution in [1.82, 2.24) is 4.90 Å². The van der Waals surface area contributed by atoms with Crippen LogP contribution in [0.3, 0.4) is 0 Å². The smallest absolute Gasteiger partial charge is 0.260 e. The molecule has 0 spiro atoms. The molecular weight excluding hydrogens is 256 g/mol. The van der Waals surface area contributed by atoms with Crippen molar-refractivity contribution in [2.45, 2.75) is 13.8 Å². The Morgan fingerprint density at radius 2 is 1.90 bits per heavy atom. The van der Waals surface area contributed by atoms with Gasteiger partial charge in [0.05, 0.1) is 7.11 Å². The highest BCUT2D eigenvalue weighted by Crippen LogP contribution is 2.25. The van der Waals surface area contributed by atoms with E-state index in [-0.39, 0.29) is 17.9 Å². The van der Waals surface area contributed by atoms with Gasteiger partial charge in [-0.3, -0.25) is 4.79 Å². The molecule has 1 aromatic carbocycles. The van der Waals surface area contributed by atoms with E-state index in [0.29, 0.717) is 24.6 Å². The average molecular weight is 280 g/mol. The standard InChI is InChI=1S/C15H24N2O3/c1-15(2,10-16)11-17(3)14(18)9-20-13-8-6-5-7-12(13)19-4/h5-8H,9-11,16H2,1-4H3. The Balaban J connectivity index is 2.55. The topological polar surface area (TPSA) is 64.8 Å². The van der Waals surface area contributed by atoms with Crippen LogP contribution < -0.4 is 15.2 Å². The van der Waals surface area contributed by atoms with Gasteiger partial charge in [-0.15, -0.1) is 0 Å². The highest BCUT2D eigenvalue weighted by atomic mass is 16.5. The van der Waals surface area contributed by atoms with Gasteiger partial charge < -0.3 is 20.1 Å². The fraction of sp³-hybridized carbons (Fsp3) is 0.533. The van der Waals surface area contributed by atoms with Crippen LogP contribution in [0.15, 0.2) is 24.3 Å². The predicted octanol–water partition coefficient (Wildman–Crippen LogP) is 1.52. The molecule has 0 saturated heterocycles. The summed E-state index contributed by atoms with van der Waals surface area (Å²) < 4.78 is 10.7. The summed E-state index contributed by atoms with van der Waals surface area (Å²) in [5.74, 6) is 1.09. The van der Waals surface area contributed by atoms with Gasteiger partial charge >= 0.3 is 0 Å². The molecule has 0 aromatic heterocycles. The van der Waals surface area contributed by atoms with Gasteiger partial charge in [0.1, 0.15) is 0 Å². The summed E-state index contributed by atoms with van der Waals surface area (Å²) in [4.78, 5) is 13.7. The molecule has 0 fully saturated rings. The third-order valence-electron chi connectivity index (χ3n) is 3.06. The number of hydrogen-bond acceptors (Lipinski definition) is 4. The molecule has 0 radical (unpaired) electrons. The minimum atomic E-state index is -0.102. The molecular formula is C15H24N2O3. The number of likely N-dealkylation sites (N-methyl/N-ethyl adjacent to an activating group) is 1. The van der Waals surface area contributed by atoms with Gasteiger partial charge in [0, 0.05) is 13.6 Å². The first kappa shape index (κ1) is 16.3. The maximum absolute atomic E-state index is 12.0. The second-order valence-electron chi connectivity index (χ2n) is 5.56. The molecule has 0 aliphatic heterocycles. The van der Waals surface area contributed by atoms with Gasteiger partial charge in [0.15, 0.2) is 18.1 Å². The summed E-state index contributed by atoms with van der Waals surface area (Å²) in [7, 11) is 3.32. The van der Waals surface area contributed by atoms with E-state index in [4.69, 9.17) is 15.2 Å². The third kappa shape index (κ3) is 4.74. The zero-order chi connectivity index (χ0) is 15.2. The second kappa shape index (κ2) is 7.14. The van der Waals surface area contributed by atoms with E-state index in [1.54, 1.807) is 31.2 Å². The van der Waals surface area contributed by atoms with E-state index in [9.17, 15) is 4.79 Å². The van der Waals surface area contributed by atoms with E-state index >= 15 is 0 Å². The number of carbonyl (C=O) groups is 1. The Morgan fingerprint density at radius 1 is 1.30 bits per heavy atom. The SMILES string of the molecule is COc1ccccc1OCC(=O)N(C)CC(C)(C)CN. The summed E-state index contributed by atoms with van der Waals surface area (Å²) in [6.45, 7) is 5.16. The Hall–Kier alpha value is -1.75. The Labute approximate surface area is 120 Å². The number of nitrogens with zero attached hydrogens (tertiary/aromatic N) is 1. The van der Waals surface area contributed by atoms with Crippen LogP contribution in [0.5, 0.6) is 11.5 Å². The lowest BCUT2D eigenvalue weighted by Gasteiger charge is -2.29. The number of amides is 1. The Morgan fingerprint density at radius 3 is 2.45 bits per heavy atom. The first-order chi connectivity index (χ1) is 9.39. The summed E-state index contributed by atoms with van der Waals surface area (Å²) in [5, 5.41) is 0. The fourth-order valence-corrected chi connectivity index (χ4v) is 1.78. The summed E-state index contributed by atoms with van der Waals surface area (Å²) in [6, 6.07) is 7.25. The van der Waals surface area contributed by atoms with Crippen LogP contribution in [-0.2, 0) is 4.79 Å².